The van der Waals surface area contributed by atoms with Crippen molar-refractivity contribution in [3.63, 3.8) is 0 Å². The highest BCUT2D eigenvalue weighted by Crippen LogP contribution is 1.99. The molecule has 0 fully saturated rings. The molecule has 15 heavy (non-hydrogen) atoms. The number of likely N-dealkylation sites (N-methyl/N-ethyl adjacent to an activating group) is 1. The van der Waals surface area contributed by atoms with E-state index in [0.717, 1.165) is 6.54 Å². The predicted octanol–water partition coefficient (Wildman–Crippen LogP) is 2.45. The number of nitrogens with one attached hydrogen (secondary N) is 1. The topological polar surface area (TPSA) is 15.3 Å². The maximum Gasteiger partial charge on any atom is 0.0107 e. The molecule has 0 saturated heterocycles. The lowest BCUT2D eigenvalue weighted by Crippen LogP contribution is -2.33. The van der Waals surface area contributed by atoms with Crippen molar-refractivity contribution in [1.29, 1.82) is 0 Å². The van der Waals surface area contributed by atoms with Gasteiger partial charge in [-0.05, 0) is 44.0 Å². The second-order valence-electron chi connectivity index (χ2n) is 3.73. The van der Waals surface area contributed by atoms with E-state index in [-0.39, 0.29) is 0 Å². The molecule has 0 aromatic carbocycles. The van der Waals surface area contributed by atoms with Gasteiger partial charge >= 0.3 is 0 Å². The van der Waals surface area contributed by atoms with E-state index in [4.69, 9.17) is 0 Å². The van der Waals surface area contributed by atoms with E-state index in [1.54, 1.807) is 0 Å². The number of rotatable bonds is 11. The van der Waals surface area contributed by atoms with Gasteiger partial charge in [0.2, 0.25) is 0 Å². The van der Waals surface area contributed by atoms with Gasteiger partial charge in [-0.3, -0.25) is 0 Å². The van der Waals surface area contributed by atoms with Gasteiger partial charge in [0.25, 0.3) is 0 Å². The Kier molecular flexibility index (Phi) is 12.6. The third-order valence-electron chi connectivity index (χ3n) is 2.44. The third-order valence-corrected chi connectivity index (χ3v) is 3.42. The summed E-state index contributed by atoms with van der Waals surface area (Å²) >= 11 is 2.03. The number of hydrogen-bond acceptors (Lipinski definition) is 3. The SMILES string of the molecule is CCCN(CC)CCNCCCSCC. The summed E-state index contributed by atoms with van der Waals surface area (Å²) in [5.74, 6) is 2.55. The Bertz CT molecular complexity index is 120. The molecule has 0 aliphatic rings. The molecule has 0 amide bonds. The Balaban J connectivity index is 3.14. The summed E-state index contributed by atoms with van der Waals surface area (Å²) in [5, 5.41) is 3.51. The Morgan fingerprint density at radius 1 is 1.07 bits per heavy atom. The van der Waals surface area contributed by atoms with E-state index in [1.165, 1.54) is 50.5 Å². The van der Waals surface area contributed by atoms with Crippen molar-refractivity contribution < 1.29 is 0 Å². The van der Waals surface area contributed by atoms with Crippen LogP contribution in [0.1, 0.15) is 33.6 Å². The molecule has 0 saturated carbocycles. The first-order chi connectivity index (χ1) is 7.35. The molecule has 0 aliphatic carbocycles. The van der Waals surface area contributed by atoms with Gasteiger partial charge in [0.05, 0.1) is 0 Å². The van der Waals surface area contributed by atoms with Crippen LogP contribution in [0.15, 0.2) is 0 Å². The summed E-state index contributed by atoms with van der Waals surface area (Å²) < 4.78 is 0. The van der Waals surface area contributed by atoms with E-state index in [2.05, 4.69) is 31.0 Å². The van der Waals surface area contributed by atoms with E-state index in [9.17, 15) is 0 Å². The largest absolute Gasteiger partial charge is 0.315 e. The summed E-state index contributed by atoms with van der Waals surface area (Å²) in [6.45, 7) is 12.7. The fourth-order valence-corrected chi connectivity index (χ4v) is 2.19. The summed E-state index contributed by atoms with van der Waals surface area (Å²) in [4.78, 5) is 2.51. The monoisotopic (exact) mass is 232 g/mol. The zero-order chi connectivity index (χ0) is 11.4. The number of thioether (sulfide) groups is 1. The molecule has 1 N–H and O–H groups in total. The van der Waals surface area contributed by atoms with Crippen LogP contribution in [-0.2, 0) is 0 Å². The Hall–Kier alpha value is 0.270. The predicted molar refractivity (Wildman–Crippen MR) is 72.9 cm³/mol. The first kappa shape index (κ1) is 15.3. The minimum absolute atomic E-state index is 1.14. The number of hydrogen-bond donors (Lipinski definition) is 1. The van der Waals surface area contributed by atoms with Crippen molar-refractivity contribution in [1.82, 2.24) is 10.2 Å². The van der Waals surface area contributed by atoms with Crippen LogP contribution in [0.2, 0.25) is 0 Å². The molecule has 0 aromatic rings. The van der Waals surface area contributed by atoms with Gasteiger partial charge in [0, 0.05) is 13.1 Å². The van der Waals surface area contributed by atoms with Crippen molar-refractivity contribution in [3.8, 4) is 0 Å². The summed E-state index contributed by atoms with van der Waals surface area (Å²) in [6.07, 6.45) is 2.57. The fourth-order valence-electron chi connectivity index (χ4n) is 1.55. The quantitative estimate of drug-likeness (QED) is 0.551. The van der Waals surface area contributed by atoms with E-state index < -0.39 is 0 Å². The highest BCUT2D eigenvalue weighted by atomic mass is 32.2. The first-order valence-electron chi connectivity index (χ1n) is 6.35. The summed E-state index contributed by atoms with van der Waals surface area (Å²) in [7, 11) is 0. The van der Waals surface area contributed by atoms with Crippen molar-refractivity contribution >= 4 is 11.8 Å². The minimum Gasteiger partial charge on any atom is -0.315 e. The van der Waals surface area contributed by atoms with Crippen LogP contribution in [0.4, 0.5) is 0 Å². The molecule has 0 unspecified atom stereocenters. The molecule has 2 nitrogen and oxygen atoms in total. The van der Waals surface area contributed by atoms with Crippen molar-refractivity contribution in [2.75, 3.05) is 44.2 Å². The average molecular weight is 232 g/mol. The van der Waals surface area contributed by atoms with Crippen LogP contribution in [-0.4, -0.2) is 49.1 Å². The standard InChI is InChI=1S/C12H28N2S/c1-4-10-14(5-2)11-9-13-8-7-12-15-6-3/h13H,4-12H2,1-3H3. The van der Waals surface area contributed by atoms with Crippen molar-refractivity contribution in [2.24, 2.45) is 0 Å². The lowest BCUT2D eigenvalue weighted by Gasteiger charge is -2.19. The van der Waals surface area contributed by atoms with Gasteiger partial charge in [0.1, 0.15) is 0 Å². The number of nitrogens with zero attached hydrogens (tertiary/aromatic N) is 1. The highest BCUT2D eigenvalue weighted by molar-refractivity contribution is 7.99. The average Bonchev–Trinajstić information content (AvgIpc) is 2.26. The van der Waals surface area contributed by atoms with Gasteiger partial charge < -0.3 is 10.2 Å². The molecular formula is C12H28N2S. The lowest BCUT2D eigenvalue weighted by molar-refractivity contribution is 0.288. The molecule has 0 aliphatic heterocycles. The van der Waals surface area contributed by atoms with Gasteiger partial charge in [-0.15, -0.1) is 0 Å². The minimum atomic E-state index is 1.14. The zero-order valence-electron chi connectivity index (χ0n) is 10.7. The molecule has 0 heterocycles. The second-order valence-corrected chi connectivity index (χ2v) is 5.13. The van der Waals surface area contributed by atoms with E-state index in [1.807, 2.05) is 11.8 Å². The van der Waals surface area contributed by atoms with Crippen molar-refractivity contribution in [3.05, 3.63) is 0 Å². The van der Waals surface area contributed by atoms with Gasteiger partial charge in [0.15, 0.2) is 0 Å². The third kappa shape index (κ3) is 10.6. The van der Waals surface area contributed by atoms with Crippen LogP contribution in [0.5, 0.6) is 0 Å². The molecule has 0 bridgehead atoms. The lowest BCUT2D eigenvalue weighted by atomic mass is 10.4. The molecule has 0 aromatic heterocycles. The Morgan fingerprint density at radius 2 is 1.87 bits per heavy atom. The molecule has 92 valence electrons. The van der Waals surface area contributed by atoms with Crippen LogP contribution < -0.4 is 5.32 Å². The molecule has 0 atom stereocenters. The Morgan fingerprint density at radius 3 is 2.47 bits per heavy atom. The molecule has 0 spiro atoms. The van der Waals surface area contributed by atoms with Gasteiger partial charge in [-0.25, -0.2) is 0 Å². The second kappa shape index (κ2) is 12.3. The van der Waals surface area contributed by atoms with Crippen molar-refractivity contribution in [2.45, 2.75) is 33.6 Å². The summed E-state index contributed by atoms with van der Waals surface area (Å²) in [6, 6.07) is 0. The normalized spacial score (nSPS) is 11.2. The maximum atomic E-state index is 3.51. The molecule has 0 radical (unpaired) electrons. The fraction of sp³-hybridized carbons (Fsp3) is 1.00. The van der Waals surface area contributed by atoms with E-state index >= 15 is 0 Å². The smallest absolute Gasteiger partial charge is 0.0107 e. The molecular weight excluding hydrogens is 204 g/mol. The molecule has 0 rings (SSSR count). The van der Waals surface area contributed by atoms with Gasteiger partial charge in [-0.1, -0.05) is 20.8 Å². The zero-order valence-corrected chi connectivity index (χ0v) is 11.5. The highest BCUT2D eigenvalue weighted by Gasteiger charge is 1.98. The Labute approximate surface area is 100 Å². The van der Waals surface area contributed by atoms with E-state index in [0.29, 0.717) is 0 Å². The molecule has 3 heteroatoms. The van der Waals surface area contributed by atoms with Crippen LogP contribution >= 0.6 is 11.8 Å². The van der Waals surface area contributed by atoms with Gasteiger partial charge in [-0.2, -0.15) is 11.8 Å². The summed E-state index contributed by atoms with van der Waals surface area (Å²) in [5.41, 5.74) is 0. The first-order valence-corrected chi connectivity index (χ1v) is 7.51. The van der Waals surface area contributed by atoms with Crippen LogP contribution in [0.25, 0.3) is 0 Å². The van der Waals surface area contributed by atoms with Crippen LogP contribution in [0.3, 0.4) is 0 Å². The van der Waals surface area contributed by atoms with Crippen LogP contribution in [0, 0.1) is 0 Å². The maximum absolute atomic E-state index is 3.51.